The summed E-state index contributed by atoms with van der Waals surface area (Å²) in [4.78, 5) is 8.69. The van der Waals surface area contributed by atoms with E-state index in [1.807, 2.05) is 18.6 Å². The molecule has 0 N–H and O–H groups in total. The fourth-order valence-electron chi connectivity index (χ4n) is 3.21. The summed E-state index contributed by atoms with van der Waals surface area (Å²) in [6.45, 7) is 0. The second kappa shape index (κ2) is 3.42. The van der Waals surface area contributed by atoms with E-state index in [2.05, 4.69) is 52.5 Å². The van der Waals surface area contributed by atoms with Crippen molar-refractivity contribution < 1.29 is 0 Å². The van der Waals surface area contributed by atoms with Crippen LogP contribution in [0.15, 0.2) is 52.6 Å². The molecule has 0 amide bonds. The molecule has 0 radical (unpaired) electrons. The summed E-state index contributed by atoms with van der Waals surface area (Å²) in [7, 11) is 0. The number of benzene rings is 3. The second-order valence-corrected chi connectivity index (χ2v) is 5.18. The molecule has 0 saturated heterocycles. The zero-order valence-electron chi connectivity index (χ0n) is 10.7. The Hall–Kier alpha value is -2.74. The van der Waals surface area contributed by atoms with Crippen molar-refractivity contribution in [1.29, 1.82) is 0 Å². The fraction of sp³-hybridized carbons (Fsp3) is 0. The van der Waals surface area contributed by atoms with Crippen LogP contribution in [0.4, 0.5) is 0 Å². The Balaban J connectivity index is 2.12. The maximum absolute atomic E-state index is 4.42. The first-order valence-corrected chi connectivity index (χ1v) is 6.68. The third kappa shape index (κ3) is 1.14. The molecular weight excluding hydrogens is 244 g/mol. The highest BCUT2D eigenvalue weighted by Gasteiger charge is 2.11. The molecule has 2 heterocycles. The fourth-order valence-corrected chi connectivity index (χ4v) is 3.21. The Kier molecular flexibility index (Phi) is 1.73. The molecule has 20 heavy (non-hydrogen) atoms. The van der Waals surface area contributed by atoms with Crippen molar-refractivity contribution in [1.82, 2.24) is 0 Å². The van der Waals surface area contributed by atoms with Gasteiger partial charge < -0.3 is 0 Å². The van der Waals surface area contributed by atoms with Crippen LogP contribution >= 0.6 is 0 Å². The van der Waals surface area contributed by atoms with Gasteiger partial charge in [0.05, 0.1) is 5.36 Å². The predicted octanol–water partition coefficient (Wildman–Crippen LogP) is 2.77. The van der Waals surface area contributed by atoms with Gasteiger partial charge >= 0.3 is 0 Å². The van der Waals surface area contributed by atoms with Crippen LogP contribution in [0.1, 0.15) is 11.1 Å². The van der Waals surface area contributed by atoms with Gasteiger partial charge in [-0.2, -0.15) is 0 Å². The van der Waals surface area contributed by atoms with Gasteiger partial charge in [0.25, 0.3) is 0 Å². The lowest BCUT2D eigenvalue weighted by atomic mass is 9.95. The normalized spacial score (nSPS) is 14.4. The highest BCUT2D eigenvalue weighted by Crippen LogP contribution is 2.27. The second-order valence-electron chi connectivity index (χ2n) is 5.18. The van der Waals surface area contributed by atoms with Crippen molar-refractivity contribution in [3.8, 4) is 0 Å². The Morgan fingerprint density at radius 1 is 0.850 bits per heavy atom. The lowest BCUT2D eigenvalue weighted by Crippen LogP contribution is -2.07. The first-order valence-electron chi connectivity index (χ1n) is 6.68. The molecule has 0 atom stereocenters. The minimum absolute atomic E-state index is 1.06. The summed E-state index contributed by atoms with van der Waals surface area (Å²) in [5.74, 6) is 0. The topological polar surface area (TPSA) is 24.7 Å². The Bertz CT molecular complexity index is 1090. The monoisotopic (exact) mass is 254 g/mol. The van der Waals surface area contributed by atoms with Crippen LogP contribution in [0.25, 0.3) is 33.8 Å². The van der Waals surface area contributed by atoms with Crippen LogP contribution in [0.2, 0.25) is 0 Å². The predicted molar refractivity (Wildman–Crippen MR) is 83.3 cm³/mol. The van der Waals surface area contributed by atoms with Crippen LogP contribution in [-0.4, -0.2) is 6.21 Å². The number of aliphatic imine (C=N–C) groups is 1. The van der Waals surface area contributed by atoms with Gasteiger partial charge in [-0.25, -0.2) is 0 Å². The van der Waals surface area contributed by atoms with Crippen molar-refractivity contribution in [2.45, 2.75) is 0 Å². The van der Waals surface area contributed by atoms with Gasteiger partial charge in [-0.05, 0) is 33.7 Å². The van der Waals surface area contributed by atoms with E-state index in [-0.39, 0.29) is 0 Å². The molecule has 0 spiro atoms. The summed E-state index contributed by atoms with van der Waals surface area (Å²) >= 11 is 0. The molecule has 2 nitrogen and oxygen atoms in total. The van der Waals surface area contributed by atoms with Gasteiger partial charge in [-0.15, -0.1) is 0 Å². The lowest BCUT2D eigenvalue weighted by molar-refractivity contribution is 1.40. The first kappa shape index (κ1) is 10.1. The molecule has 3 aromatic carbocycles. The molecule has 3 aromatic rings. The van der Waals surface area contributed by atoms with Crippen molar-refractivity contribution >= 4 is 40.0 Å². The van der Waals surface area contributed by atoms with Crippen LogP contribution < -0.4 is 10.6 Å². The first-order chi connectivity index (χ1) is 9.92. The third-order valence-corrected chi connectivity index (χ3v) is 4.15. The number of hydrogen-bond acceptors (Lipinski definition) is 2. The van der Waals surface area contributed by atoms with E-state index in [0.717, 1.165) is 5.36 Å². The van der Waals surface area contributed by atoms with Crippen LogP contribution in [-0.2, 0) is 0 Å². The van der Waals surface area contributed by atoms with Gasteiger partial charge in [0, 0.05) is 35.0 Å². The molecule has 2 aliphatic heterocycles. The Labute approximate surface area is 115 Å². The van der Waals surface area contributed by atoms with E-state index in [9.17, 15) is 0 Å². The third-order valence-electron chi connectivity index (χ3n) is 4.15. The van der Waals surface area contributed by atoms with E-state index < -0.39 is 0 Å². The average Bonchev–Trinajstić information content (AvgIpc) is 3.14. The van der Waals surface area contributed by atoms with Gasteiger partial charge in [0.15, 0.2) is 0 Å². The molecule has 0 bridgehead atoms. The van der Waals surface area contributed by atoms with E-state index in [0.29, 0.717) is 0 Å². The van der Waals surface area contributed by atoms with Crippen LogP contribution in [0.5, 0.6) is 0 Å². The molecule has 0 aliphatic carbocycles. The summed E-state index contributed by atoms with van der Waals surface area (Å²) in [5.41, 5.74) is 2.43. The van der Waals surface area contributed by atoms with Crippen molar-refractivity contribution in [3.63, 3.8) is 0 Å². The summed E-state index contributed by atoms with van der Waals surface area (Å²) in [6.07, 6.45) is 7.85. The number of rotatable bonds is 0. The van der Waals surface area contributed by atoms with Gasteiger partial charge in [0.2, 0.25) is 0 Å². The molecule has 2 aliphatic rings. The highest BCUT2D eigenvalue weighted by atomic mass is 14.7. The quantitative estimate of drug-likeness (QED) is 0.551. The lowest BCUT2D eigenvalue weighted by Gasteiger charge is -2.07. The van der Waals surface area contributed by atoms with Gasteiger partial charge in [0.1, 0.15) is 0 Å². The smallest absolute Gasteiger partial charge is 0.0709 e. The average molecular weight is 254 g/mol. The van der Waals surface area contributed by atoms with Gasteiger partial charge in [-0.3, -0.25) is 9.98 Å². The maximum Gasteiger partial charge on any atom is 0.0709 e. The molecule has 0 saturated carbocycles. The molecule has 0 unspecified atom stereocenters. The van der Waals surface area contributed by atoms with E-state index in [1.54, 1.807) is 0 Å². The molecule has 2 heteroatoms. The van der Waals surface area contributed by atoms with E-state index in [1.165, 1.54) is 37.9 Å². The highest BCUT2D eigenvalue weighted by molar-refractivity contribution is 6.12. The molecule has 5 rings (SSSR count). The zero-order chi connectivity index (χ0) is 13.1. The molecule has 0 fully saturated rings. The van der Waals surface area contributed by atoms with Crippen molar-refractivity contribution in [2.24, 2.45) is 9.98 Å². The van der Waals surface area contributed by atoms with Gasteiger partial charge in [-0.1, -0.05) is 30.3 Å². The Morgan fingerprint density at radius 2 is 1.75 bits per heavy atom. The van der Waals surface area contributed by atoms with Crippen molar-refractivity contribution in [2.75, 3.05) is 0 Å². The minimum Gasteiger partial charge on any atom is -0.263 e. The zero-order valence-corrected chi connectivity index (χ0v) is 10.7. The minimum atomic E-state index is 1.06. The number of nitrogens with zero attached hydrogens (tertiary/aromatic N) is 2. The van der Waals surface area contributed by atoms with E-state index >= 15 is 0 Å². The summed E-state index contributed by atoms with van der Waals surface area (Å²) in [6, 6.07) is 13.0. The van der Waals surface area contributed by atoms with Crippen LogP contribution in [0, 0.1) is 0 Å². The molecule has 92 valence electrons. The Morgan fingerprint density at radius 3 is 2.75 bits per heavy atom. The number of fused-ring (bicyclic) bond motifs is 7. The van der Waals surface area contributed by atoms with E-state index in [4.69, 9.17) is 0 Å². The number of hydrogen-bond donors (Lipinski definition) is 0. The molecular formula is C18H10N2. The maximum atomic E-state index is 4.42. The summed E-state index contributed by atoms with van der Waals surface area (Å²) in [5, 5.41) is 7.38. The van der Waals surface area contributed by atoms with Crippen molar-refractivity contribution in [3.05, 3.63) is 64.3 Å². The van der Waals surface area contributed by atoms with Crippen LogP contribution in [0.3, 0.4) is 0 Å². The standard InChI is InChI=1S/C18H10N2/c1-4-13-14(5-2-12-9-19-10-16(12)13)18-11(1)3-6-17-15(18)7-8-20-17/h1-10H. The SMILES string of the molecule is C1=Cc2c(ccc3ccc4c5c(ccc4c23)C=NC=5)=N1. The molecule has 0 aromatic heterocycles. The summed E-state index contributed by atoms with van der Waals surface area (Å²) < 4.78 is 0. The largest absolute Gasteiger partial charge is 0.263 e.